The highest BCUT2D eigenvalue weighted by atomic mass is 35.5. The zero-order chi connectivity index (χ0) is 23.0. The van der Waals surface area contributed by atoms with Crippen LogP contribution in [0.15, 0.2) is 79.1 Å². The summed E-state index contributed by atoms with van der Waals surface area (Å²) in [5.74, 6) is 0.404. The third-order valence-electron chi connectivity index (χ3n) is 5.48. The average molecular weight is 468 g/mol. The molecule has 3 atom stereocenters. The monoisotopic (exact) mass is 467 g/mol. The number of aromatic amines is 1. The van der Waals surface area contributed by atoms with Crippen molar-refractivity contribution in [3.63, 3.8) is 0 Å². The van der Waals surface area contributed by atoms with Crippen molar-refractivity contribution in [3.05, 3.63) is 95.3 Å². The SMILES string of the molecule is O=C(CCC=CC[C@@H]1COC(c2ccccc2Cl)O[C@@H]1c1ccccc1O)Oc1cc[nH]c1. The highest BCUT2D eigenvalue weighted by Gasteiger charge is 2.35. The van der Waals surface area contributed by atoms with Crippen LogP contribution in [0.5, 0.6) is 11.5 Å². The molecule has 1 aromatic heterocycles. The fraction of sp³-hybridized carbons (Fsp3) is 0.269. The molecule has 2 aromatic carbocycles. The van der Waals surface area contributed by atoms with Gasteiger partial charge in [-0.25, -0.2) is 0 Å². The Bertz CT molecular complexity index is 1080. The number of phenolic OH excluding ortho intramolecular Hbond substituents is 1. The van der Waals surface area contributed by atoms with Crippen LogP contribution in [0.4, 0.5) is 0 Å². The van der Waals surface area contributed by atoms with E-state index in [4.69, 9.17) is 25.8 Å². The second kappa shape index (κ2) is 11.2. The molecule has 2 N–H and O–H groups in total. The maximum atomic E-state index is 11.9. The largest absolute Gasteiger partial charge is 0.508 e. The summed E-state index contributed by atoms with van der Waals surface area (Å²) in [6.07, 6.45) is 7.85. The van der Waals surface area contributed by atoms with E-state index in [0.29, 0.717) is 35.8 Å². The molecule has 6 nitrogen and oxygen atoms in total. The number of carbonyl (C=O) groups excluding carboxylic acids is 1. The number of benzene rings is 2. The Kier molecular flexibility index (Phi) is 7.83. The summed E-state index contributed by atoms with van der Waals surface area (Å²) in [5.41, 5.74) is 1.47. The van der Waals surface area contributed by atoms with Crippen molar-refractivity contribution in [2.45, 2.75) is 31.7 Å². The van der Waals surface area contributed by atoms with Crippen molar-refractivity contribution in [2.75, 3.05) is 6.61 Å². The van der Waals surface area contributed by atoms with Crippen LogP contribution in [0.1, 0.15) is 42.8 Å². The molecule has 33 heavy (non-hydrogen) atoms. The topological polar surface area (TPSA) is 80.8 Å². The molecular weight excluding hydrogens is 442 g/mol. The molecule has 0 amide bonds. The zero-order valence-electron chi connectivity index (χ0n) is 18.0. The van der Waals surface area contributed by atoms with Crippen LogP contribution in [0.3, 0.4) is 0 Å². The predicted molar refractivity (Wildman–Crippen MR) is 125 cm³/mol. The van der Waals surface area contributed by atoms with Crippen molar-refractivity contribution in [1.29, 1.82) is 0 Å². The van der Waals surface area contributed by atoms with Gasteiger partial charge in [-0.3, -0.25) is 4.79 Å². The maximum absolute atomic E-state index is 11.9. The van der Waals surface area contributed by atoms with Gasteiger partial charge in [0.15, 0.2) is 6.29 Å². The molecule has 0 radical (unpaired) electrons. The summed E-state index contributed by atoms with van der Waals surface area (Å²) < 4.78 is 17.5. The van der Waals surface area contributed by atoms with E-state index < -0.39 is 6.29 Å². The Hall–Kier alpha value is -3.06. The molecule has 7 heteroatoms. The van der Waals surface area contributed by atoms with Crippen molar-refractivity contribution in [3.8, 4) is 11.5 Å². The number of rotatable bonds is 8. The number of phenols is 1. The molecule has 2 heterocycles. The standard InChI is InChI=1S/C26H26ClNO5/c27-22-11-6-4-9-20(22)26-31-17-18(25(33-26)21-10-5-7-12-23(21)29)8-2-1-3-13-24(30)32-19-14-15-28-16-19/h1-2,4-7,9-12,14-16,18,25-26,28-29H,3,8,13,17H2/t18-,25+,26?/m1/s1. The molecule has 1 aliphatic rings. The highest BCUT2D eigenvalue weighted by Crippen LogP contribution is 2.43. The Morgan fingerprint density at radius 3 is 2.67 bits per heavy atom. The van der Waals surface area contributed by atoms with E-state index in [-0.39, 0.29) is 30.2 Å². The van der Waals surface area contributed by atoms with Gasteiger partial charge in [-0.1, -0.05) is 60.2 Å². The molecule has 0 spiro atoms. The quantitative estimate of drug-likeness (QED) is 0.308. The van der Waals surface area contributed by atoms with Gasteiger partial charge in [-0.2, -0.15) is 0 Å². The minimum absolute atomic E-state index is 0.0138. The Balaban J connectivity index is 1.38. The first kappa shape index (κ1) is 23.1. The molecule has 0 aliphatic carbocycles. The van der Waals surface area contributed by atoms with Gasteiger partial charge in [0.2, 0.25) is 0 Å². The number of nitrogens with one attached hydrogen (secondary N) is 1. The van der Waals surface area contributed by atoms with E-state index in [9.17, 15) is 9.90 Å². The lowest BCUT2D eigenvalue weighted by molar-refractivity contribution is -0.244. The lowest BCUT2D eigenvalue weighted by atomic mass is 9.91. The van der Waals surface area contributed by atoms with E-state index in [1.54, 1.807) is 36.7 Å². The summed E-state index contributed by atoms with van der Waals surface area (Å²) in [6, 6.07) is 16.3. The molecule has 1 unspecified atom stereocenters. The summed E-state index contributed by atoms with van der Waals surface area (Å²) in [5, 5.41) is 11.0. The second-order valence-electron chi connectivity index (χ2n) is 7.83. The van der Waals surface area contributed by atoms with Gasteiger partial charge in [0.05, 0.1) is 12.7 Å². The van der Waals surface area contributed by atoms with Gasteiger partial charge in [0.25, 0.3) is 0 Å². The van der Waals surface area contributed by atoms with Gasteiger partial charge in [-0.05, 0) is 31.0 Å². The van der Waals surface area contributed by atoms with E-state index in [1.165, 1.54) is 0 Å². The number of carbonyl (C=O) groups is 1. The Labute approximate surface area is 197 Å². The van der Waals surface area contributed by atoms with Crippen molar-refractivity contribution < 1.29 is 24.1 Å². The minimum Gasteiger partial charge on any atom is -0.508 e. The molecule has 172 valence electrons. The molecule has 1 saturated heterocycles. The minimum atomic E-state index is -0.619. The summed E-state index contributed by atoms with van der Waals surface area (Å²) in [4.78, 5) is 14.7. The number of hydrogen-bond acceptors (Lipinski definition) is 5. The molecular formula is C26H26ClNO5. The molecule has 1 fully saturated rings. The number of halogens is 1. The first-order chi connectivity index (χ1) is 16.1. The van der Waals surface area contributed by atoms with E-state index in [0.717, 1.165) is 5.56 Å². The first-order valence-corrected chi connectivity index (χ1v) is 11.3. The third kappa shape index (κ3) is 6.05. The number of H-pyrrole nitrogens is 1. The molecule has 1 aliphatic heterocycles. The van der Waals surface area contributed by atoms with Crippen LogP contribution in [-0.2, 0) is 14.3 Å². The normalized spacial score (nSPS) is 20.7. The number of aromatic hydroxyl groups is 1. The van der Waals surface area contributed by atoms with Crippen LogP contribution in [0.25, 0.3) is 0 Å². The third-order valence-corrected chi connectivity index (χ3v) is 5.83. The predicted octanol–water partition coefficient (Wildman–Crippen LogP) is 6.11. The Morgan fingerprint density at radius 1 is 1.12 bits per heavy atom. The van der Waals surface area contributed by atoms with Gasteiger partial charge in [0, 0.05) is 40.9 Å². The smallest absolute Gasteiger partial charge is 0.311 e. The van der Waals surface area contributed by atoms with Crippen LogP contribution in [0.2, 0.25) is 5.02 Å². The van der Waals surface area contributed by atoms with Gasteiger partial charge < -0.3 is 24.3 Å². The molecule has 4 rings (SSSR count). The fourth-order valence-corrected chi connectivity index (χ4v) is 4.03. The number of hydrogen-bond donors (Lipinski definition) is 2. The van der Waals surface area contributed by atoms with E-state index >= 15 is 0 Å². The maximum Gasteiger partial charge on any atom is 0.311 e. The fourth-order valence-electron chi connectivity index (χ4n) is 3.80. The number of para-hydroxylation sites is 1. The van der Waals surface area contributed by atoms with Crippen LogP contribution >= 0.6 is 11.6 Å². The second-order valence-corrected chi connectivity index (χ2v) is 8.24. The summed E-state index contributed by atoms with van der Waals surface area (Å²) in [6.45, 7) is 0.439. The number of aromatic nitrogens is 1. The van der Waals surface area contributed by atoms with Gasteiger partial charge >= 0.3 is 5.97 Å². The van der Waals surface area contributed by atoms with E-state index in [2.05, 4.69) is 4.98 Å². The lowest BCUT2D eigenvalue weighted by Gasteiger charge is -2.37. The van der Waals surface area contributed by atoms with Gasteiger partial charge in [0.1, 0.15) is 11.5 Å². The van der Waals surface area contributed by atoms with E-state index in [1.807, 2.05) is 42.5 Å². The Morgan fingerprint density at radius 2 is 1.91 bits per heavy atom. The number of allylic oxidation sites excluding steroid dienone is 2. The van der Waals surface area contributed by atoms with Crippen LogP contribution in [-0.4, -0.2) is 22.7 Å². The van der Waals surface area contributed by atoms with Crippen molar-refractivity contribution >= 4 is 17.6 Å². The summed E-state index contributed by atoms with van der Waals surface area (Å²) >= 11 is 6.35. The highest BCUT2D eigenvalue weighted by molar-refractivity contribution is 6.31. The first-order valence-electron chi connectivity index (χ1n) is 10.9. The molecule has 3 aromatic rings. The van der Waals surface area contributed by atoms with Crippen molar-refractivity contribution in [1.82, 2.24) is 4.98 Å². The average Bonchev–Trinajstić information content (AvgIpc) is 3.33. The number of ether oxygens (including phenoxy) is 3. The zero-order valence-corrected chi connectivity index (χ0v) is 18.8. The lowest BCUT2D eigenvalue weighted by Crippen LogP contribution is -2.30. The molecule has 0 bridgehead atoms. The summed E-state index contributed by atoms with van der Waals surface area (Å²) in [7, 11) is 0. The number of esters is 1. The van der Waals surface area contributed by atoms with Crippen LogP contribution in [0, 0.1) is 5.92 Å². The van der Waals surface area contributed by atoms with Gasteiger partial charge in [-0.15, -0.1) is 0 Å². The molecule has 0 saturated carbocycles. The van der Waals surface area contributed by atoms with Crippen molar-refractivity contribution in [2.24, 2.45) is 5.92 Å². The van der Waals surface area contributed by atoms with Crippen LogP contribution < -0.4 is 4.74 Å².